The molecule has 178 valence electrons. The summed E-state index contributed by atoms with van der Waals surface area (Å²) in [6.07, 6.45) is 2.31. The summed E-state index contributed by atoms with van der Waals surface area (Å²) in [6.45, 7) is 4.98. The minimum absolute atomic E-state index is 0.0769. The lowest BCUT2D eigenvalue weighted by Gasteiger charge is -2.34. The first-order chi connectivity index (χ1) is 16.6. The average Bonchev–Trinajstić information content (AvgIpc) is 3.22. The molecule has 1 fully saturated rings. The van der Waals surface area contributed by atoms with Crippen LogP contribution in [-0.4, -0.2) is 68.3 Å². The van der Waals surface area contributed by atoms with E-state index in [9.17, 15) is 9.59 Å². The van der Waals surface area contributed by atoms with Gasteiger partial charge in [-0.1, -0.05) is 72.4 Å². The predicted molar refractivity (Wildman–Crippen MR) is 134 cm³/mol. The Hall–Kier alpha value is -3.13. The summed E-state index contributed by atoms with van der Waals surface area (Å²) in [7, 11) is 0. The van der Waals surface area contributed by atoms with E-state index >= 15 is 0 Å². The van der Waals surface area contributed by atoms with Gasteiger partial charge in [-0.3, -0.25) is 9.59 Å². The number of carbonyl (C=O) groups is 2. The molecule has 2 heterocycles. The molecule has 2 aromatic carbocycles. The Morgan fingerprint density at radius 2 is 1.41 bits per heavy atom. The van der Waals surface area contributed by atoms with Crippen LogP contribution in [0.3, 0.4) is 0 Å². The fraction of sp³-hybridized carbons (Fsp3) is 0.385. The van der Waals surface area contributed by atoms with Crippen molar-refractivity contribution in [2.24, 2.45) is 0 Å². The molecule has 4 rings (SSSR count). The second kappa shape index (κ2) is 11.8. The highest BCUT2D eigenvalue weighted by Gasteiger charge is 2.24. The highest BCUT2D eigenvalue weighted by atomic mass is 32.2. The van der Waals surface area contributed by atoms with Crippen molar-refractivity contribution in [1.82, 2.24) is 24.6 Å². The molecular weight excluding hydrogens is 446 g/mol. The minimum Gasteiger partial charge on any atom is -0.339 e. The molecule has 34 heavy (non-hydrogen) atoms. The van der Waals surface area contributed by atoms with Crippen molar-refractivity contribution in [2.75, 3.05) is 31.9 Å². The van der Waals surface area contributed by atoms with Gasteiger partial charge < -0.3 is 14.4 Å². The highest BCUT2D eigenvalue weighted by Crippen LogP contribution is 2.19. The number of thioether (sulfide) groups is 1. The Balaban J connectivity index is 1.20. The van der Waals surface area contributed by atoms with Gasteiger partial charge in [-0.2, -0.15) is 0 Å². The maximum Gasteiger partial charge on any atom is 0.233 e. The summed E-state index contributed by atoms with van der Waals surface area (Å²) in [6, 6.07) is 20.4. The van der Waals surface area contributed by atoms with Gasteiger partial charge in [0.05, 0.1) is 12.3 Å². The lowest BCUT2D eigenvalue weighted by molar-refractivity contribution is -0.138. The number of carbonyl (C=O) groups excluding carboxylic acids is 2. The maximum atomic E-state index is 12.8. The fourth-order valence-electron chi connectivity index (χ4n) is 4.09. The second-order valence-electron chi connectivity index (χ2n) is 8.49. The van der Waals surface area contributed by atoms with E-state index in [1.54, 1.807) is 0 Å². The SMILES string of the molecule is Cc1nnc(SCC(=O)N2CCN(C(=O)CCCc3ccccc3)CC2)n1Cc1ccccc1. The number of benzene rings is 2. The van der Waals surface area contributed by atoms with Gasteiger partial charge in [0.1, 0.15) is 5.82 Å². The summed E-state index contributed by atoms with van der Waals surface area (Å²) in [4.78, 5) is 29.1. The number of nitrogens with zero attached hydrogens (tertiary/aromatic N) is 5. The highest BCUT2D eigenvalue weighted by molar-refractivity contribution is 7.99. The van der Waals surface area contributed by atoms with Crippen molar-refractivity contribution in [2.45, 2.75) is 37.9 Å². The Kier molecular flexibility index (Phi) is 8.36. The van der Waals surface area contributed by atoms with Crippen molar-refractivity contribution in [3.63, 3.8) is 0 Å². The number of rotatable bonds is 9. The number of piperazine rings is 1. The van der Waals surface area contributed by atoms with Crippen LogP contribution in [0, 0.1) is 6.92 Å². The topological polar surface area (TPSA) is 71.3 Å². The molecule has 1 aliphatic rings. The summed E-state index contributed by atoms with van der Waals surface area (Å²) in [5.74, 6) is 1.41. The van der Waals surface area contributed by atoms with Crippen molar-refractivity contribution >= 4 is 23.6 Å². The quantitative estimate of drug-likeness (QED) is 0.442. The number of aromatic nitrogens is 3. The van der Waals surface area contributed by atoms with E-state index in [2.05, 4.69) is 34.5 Å². The Morgan fingerprint density at radius 3 is 2.06 bits per heavy atom. The zero-order valence-corrected chi connectivity index (χ0v) is 20.4. The van der Waals surface area contributed by atoms with Gasteiger partial charge in [-0.15, -0.1) is 10.2 Å². The Labute approximate surface area is 205 Å². The number of aryl methyl sites for hydroxylation is 2. The molecule has 0 aliphatic carbocycles. The van der Waals surface area contributed by atoms with Crippen molar-refractivity contribution < 1.29 is 9.59 Å². The smallest absolute Gasteiger partial charge is 0.233 e. The molecule has 0 radical (unpaired) electrons. The van der Waals surface area contributed by atoms with Gasteiger partial charge in [0.2, 0.25) is 11.8 Å². The van der Waals surface area contributed by atoms with Gasteiger partial charge in [0, 0.05) is 32.6 Å². The first-order valence-electron chi connectivity index (χ1n) is 11.8. The van der Waals surface area contributed by atoms with Gasteiger partial charge in [0.15, 0.2) is 5.16 Å². The van der Waals surface area contributed by atoms with E-state index in [1.807, 2.05) is 57.7 Å². The van der Waals surface area contributed by atoms with Crippen molar-refractivity contribution in [3.05, 3.63) is 77.6 Å². The molecule has 1 aromatic heterocycles. The van der Waals surface area contributed by atoms with Gasteiger partial charge in [-0.25, -0.2) is 0 Å². The first kappa shape index (κ1) is 24.0. The first-order valence-corrected chi connectivity index (χ1v) is 12.7. The molecule has 0 atom stereocenters. The van der Waals surface area contributed by atoms with Crippen LogP contribution in [0.5, 0.6) is 0 Å². The summed E-state index contributed by atoms with van der Waals surface area (Å²) in [5, 5.41) is 9.22. The molecular formula is C26H31N5O2S. The summed E-state index contributed by atoms with van der Waals surface area (Å²) >= 11 is 1.42. The van der Waals surface area contributed by atoms with Crippen LogP contribution in [0.15, 0.2) is 65.8 Å². The normalized spacial score (nSPS) is 13.8. The lowest BCUT2D eigenvalue weighted by atomic mass is 10.1. The third kappa shape index (κ3) is 6.47. The van der Waals surface area contributed by atoms with Crippen LogP contribution in [0.2, 0.25) is 0 Å². The molecule has 0 unspecified atom stereocenters. The van der Waals surface area contributed by atoms with Crippen LogP contribution in [-0.2, 0) is 22.6 Å². The summed E-state index contributed by atoms with van der Waals surface area (Å²) in [5.41, 5.74) is 2.43. The maximum absolute atomic E-state index is 12.8. The minimum atomic E-state index is 0.0769. The van der Waals surface area contributed by atoms with Crippen LogP contribution in [0.1, 0.15) is 29.8 Å². The Bertz CT molecular complexity index is 1080. The zero-order chi connectivity index (χ0) is 23.8. The van der Waals surface area contributed by atoms with Gasteiger partial charge in [-0.05, 0) is 30.9 Å². The fourth-order valence-corrected chi connectivity index (χ4v) is 4.97. The third-order valence-electron chi connectivity index (χ3n) is 6.09. The molecule has 0 N–H and O–H groups in total. The standard InChI is InChI=1S/C26H31N5O2S/c1-21-27-28-26(31(21)19-23-11-6-3-7-12-23)34-20-25(33)30-17-15-29(16-18-30)24(32)14-8-13-22-9-4-2-5-10-22/h2-7,9-12H,8,13-20H2,1H3. The second-order valence-corrected chi connectivity index (χ2v) is 9.43. The molecule has 3 aromatic rings. The van der Waals surface area contributed by atoms with Crippen LogP contribution in [0.25, 0.3) is 0 Å². The predicted octanol–water partition coefficient (Wildman–Crippen LogP) is 3.42. The Morgan fingerprint density at radius 1 is 0.824 bits per heavy atom. The molecule has 1 saturated heterocycles. The van der Waals surface area contributed by atoms with Crippen molar-refractivity contribution in [1.29, 1.82) is 0 Å². The van der Waals surface area contributed by atoms with Gasteiger partial charge >= 0.3 is 0 Å². The van der Waals surface area contributed by atoms with E-state index in [1.165, 1.54) is 22.9 Å². The van der Waals surface area contributed by atoms with E-state index in [0.717, 1.165) is 23.8 Å². The lowest BCUT2D eigenvalue weighted by Crippen LogP contribution is -2.51. The molecule has 0 spiro atoms. The third-order valence-corrected chi connectivity index (χ3v) is 7.05. The zero-order valence-electron chi connectivity index (χ0n) is 19.6. The largest absolute Gasteiger partial charge is 0.339 e. The molecule has 0 saturated carbocycles. The number of amides is 2. The molecule has 1 aliphatic heterocycles. The monoisotopic (exact) mass is 477 g/mol. The van der Waals surface area contributed by atoms with Crippen LogP contribution >= 0.6 is 11.8 Å². The van der Waals surface area contributed by atoms with E-state index < -0.39 is 0 Å². The van der Waals surface area contributed by atoms with Gasteiger partial charge in [0.25, 0.3) is 0 Å². The molecule has 8 heteroatoms. The average molecular weight is 478 g/mol. The summed E-state index contributed by atoms with van der Waals surface area (Å²) < 4.78 is 2.04. The number of hydrogen-bond acceptors (Lipinski definition) is 5. The molecule has 2 amide bonds. The van der Waals surface area contributed by atoms with E-state index in [-0.39, 0.29) is 11.8 Å². The van der Waals surface area contributed by atoms with E-state index in [0.29, 0.717) is 44.9 Å². The van der Waals surface area contributed by atoms with Crippen LogP contribution in [0.4, 0.5) is 0 Å². The van der Waals surface area contributed by atoms with Crippen molar-refractivity contribution in [3.8, 4) is 0 Å². The molecule has 0 bridgehead atoms. The van der Waals surface area contributed by atoms with E-state index in [4.69, 9.17) is 0 Å². The number of hydrogen-bond donors (Lipinski definition) is 0. The molecule has 7 nitrogen and oxygen atoms in total. The van der Waals surface area contributed by atoms with Crippen LogP contribution < -0.4 is 0 Å².